The number of carboxylic acids is 1. The second-order valence-corrected chi connectivity index (χ2v) is 19.0. The Morgan fingerprint density at radius 2 is 1.70 bits per heavy atom. The molecule has 57 heavy (non-hydrogen) atoms. The molecule has 0 aromatic carbocycles. The van der Waals surface area contributed by atoms with Crippen molar-refractivity contribution < 1.29 is 90.7 Å². The zero-order valence-electron chi connectivity index (χ0n) is 30.6. The van der Waals surface area contributed by atoms with Crippen LogP contribution in [-0.2, 0) is 50.7 Å². The van der Waals surface area contributed by atoms with E-state index in [-0.39, 0.29) is 42.9 Å². The number of nitrogens with one attached hydrogen (secondary N) is 2. The minimum Gasteiger partial charge on any atom is -0.481 e. The Bertz CT molecular complexity index is 1870. The van der Waals surface area contributed by atoms with Crippen LogP contribution in [0.3, 0.4) is 0 Å². The number of aliphatic carboxylic acids is 1. The van der Waals surface area contributed by atoms with E-state index < -0.39 is 103 Å². The molecular weight excluding hydrogens is 851 g/mol. The summed E-state index contributed by atoms with van der Waals surface area (Å²) in [6, 6.07) is 0. The highest BCUT2D eigenvalue weighted by molar-refractivity contribution is 7.99. The van der Waals surface area contributed by atoms with Gasteiger partial charge in [0.05, 0.1) is 31.6 Å². The van der Waals surface area contributed by atoms with E-state index in [9.17, 15) is 63.0 Å². The van der Waals surface area contributed by atoms with Gasteiger partial charge in [-0.05, 0) is 19.1 Å². The van der Waals surface area contributed by atoms with Crippen molar-refractivity contribution in [2.75, 3.05) is 43.5 Å². The normalized spacial score (nSPS) is 22.6. The van der Waals surface area contributed by atoms with Crippen LogP contribution in [-0.4, -0.2) is 145 Å². The van der Waals surface area contributed by atoms with Gasteiger partial charge in [-0.15, -0.1) is 0 Å². The Labute approximate surface area is 328 Å². The van der Waals surface area contributed by atoms with Crippen molar-refractivity contribution in [2.45, 2.75) is 76.3 Å². The average Bonchev–Trinajstić information content (AvgIpc) is 3.63. The number of thioether (sulfide) groups is 1. The van der Waals surface area contributed by atoms with Crippen LogP contribution in [0, 0.1) is 5.41 Å². The van der Waals surface area contributed by atoms with Crippen LogP contribution in [0.1, 0.15) is 46.3 Å². The predicted octanol–water partition coefficient (Wildman–Crippen LogP) is -1.25. The number of ether oxygens (including phenoxy) is 1. The summed E-state index contributed by atoms with van der Waals surface area (Å²) in [5.41, 5.74) is 2.88. The molecule has 8 atom stereocenters. The van der Waals surface area contributed by atoms with E-state index in [0.29, 0.717) is 11.5 Å². The van der Waals surface area contributed by atoms with Gasteiger partial charge >= 0.3 is 29.4 Å². The summed E-state index contributed by atoms with van der Waals surface area (Å²) in [5, 5.41) is 45.2. The lowest BCUT2D eigenvalue weighted by Crippen LogP contribution is -2.46. The summed E-state index contributed by atoms with van der Waals surface area (Å²) in [6.45, 7) is 1.90. The van der Waals surface area contributed by atoms with Gasteiger partial charge in [0.25, 0.3) is 0 Å². The number of carbonyl (C=O) groups excluding carboxylic acids is 2. The molecule has 30 heteroatoms. The van der Waals surface area contributed by atoms with Crippen LogP contribution >= 0.6 is 35.2 Å². The fraction of sp³-hybridized carbons (Fsp3) is 0.704. The number of hydrogen-bond donors (Lipinski definition) is 11. The van der Waals surface area contributed by atoms with Gasteiger partial charge in [-0.2, -0.15) is 16.1 Å². The molecule has 3 heterocycles. The van der Waals surface area contributed by atoms with Gasteiger partial charge < -0.3 is 61.1 Å². The first-order chi connectivity index (χ1) is 26.2. The molecule has 324 valence electrons. The number of aliphatic hydroxyl groups excluding tert-OH is 2. The molecule has 0 bridgehead atoms. The molecule has 2 aromatic heterocycles. The Morgan fingerprint density at radius 1 is 1.04 bits per heavy atom. The Hall–Kier alpha value is -2.68. The number of carbonyl (C=O) groups is 3. The van der Waals surface area contributed by atoms with Gasteiger partial charge in [0.15, 0.2) is 17.7 Å². The summed E-state index contributed by atoms with van der Waals surface area (Å²) in [7, 11) is -16.4. The molecule has 1 saturated heterocycles. The third kappa shape index (κ3) is 15.5. The molecule has 0 radical (unpaired) electrons. The molecule has 12 N–H and O–H groups in total. The standard InChI is InChI=1S/C27H46N7O19P3S/c1-26(2,21(39)24(40)30-6-4-16(35)29-7-9-57-8-5-27(3,41)10-17(36)37)12-50-56(47,48)53-55(45,46)49-11-15-20(52-54(42,43)44)19(38)25(51-15)34-14-33-18-22(28)31-13-32-23(18)34/h13-15,19-21,25,38-39,41H,4-12H2,1-3H3,(H,29,35)(H,30,40)(H,36,37)(H,45,46)(H,47,48)(H2,28,31,32)(H2,42,43,44)/t15-,19-,20+,21+,25-,27+/m1/s1. The number of fused-ring (bicyclic) bond motifs is 1. The topological polar surface area (TPSA) is 404 Å². The van der Waals surface area contributed by atoms with Crippen LogP contribution in [0.2, 0.25) is 0 Å². The summed E-state index contributed by atoms with van der Waals surface area (Å²) < 4.78 is 62.0. The van der Waals surface area contributed by atoms with Gasteiger partial charge in [0.2, 0.25) is 11.8 Å². The molecule has 2 aromatic rings. The lowest BCUT2D eigenvalue weighted by molar-refractivity contribution is -0.142. The van der Waals surface area contributed by atoms with E-state index in [1.807, 2.05) is 0 Å². The Kier molecular flexibility index (Phi) is 17.1. The fourth-order valence-corrected chi connectivity index (χ4v) is 8.87. The van der Waals surface area contributed by atoms with Crippen LogP contribution in [0.15, 0.2) is 12.7 Å². The predicted molar refractivity (Wildman–Crippen MR) is 194 cm³/mol. The molecule has 0 saturated carbocycles. The number of phosphoric acid groups is 3. The molecule has 1 aliphatic heterocycles. The number of nitrogens with zero attached hydrogens (tertiary/aromatic N) is 4. The Morgan fingerprint density at radius 3 is 2.35 bits per heavy atom. The van der Waals surface area contributed by atoms with Crippen molar-refractivity contribution in [3.63, 3.8) is 0 Å². The molecular formula is C27H46N7O19P3S. The van der Waals surface area contributed by atoms with Crippen molar-refractivity contribution in [1.29, 1.82) is 0 Å². The number of phosphoric ester groups is 3. The monoisotopic (exact) mass is 897 g/mol. The van der Waals surface area contributed by atoms with Crippen molar-refractivity contribution in [2.24, 2.45) is 5.41 Å². The Balaban J connectivity index is 1.46. The maximum Gasteiger partial charge on any atom is 0.481 e. The van der Waals surface area contributed by atoms with Crippen LogP contribution in [0.5, 0.6) is 0 Å². The second kappa shape index (κ2) is 20.1. The SMILES string of the molecule is CC(C)(COP(=O)(O)OP(=O)(O)OC[C@H]1O[C@@H](n2cnc3c(N)ncnc32)[C@H](O)[C@H]1OP(=O)(O)O)[C@@H](O)C(=O)NCCC(=O)NCCSCC[C@](C)(O)CC(=O)O. The molecule has 26 nitrogen and oxygen atoms in total. The van der Waals surface area contributed by atoms with Crippen LogP contribution < -0.4 is 16.4 Å². The molecule has 1 aliphatic rings. The first kappa shape index (κ1) is 48.7. The van der Waals surface area contributed by atoms with Crippen LogP contribution in [0.4, 0.5) is 5.82 Å². The fourth-order valence-electron chi connectivity index (χ4n) is 5.01. The van der Waals surface area contributed by atoms with E-state index >= 15 is 0 Å². The molecule has 3 rings (SSSR count). The molecule has 0 spiro atoms. The van der Waals surface area contributed by atoms with Gasteiger partial charge in [0.1, 0.15) is 36.3 Å². The first-order valence-corrected chi connectivity index (χ1v) is 22.3. The highest BCUT2D eigenvalue weighted by Crippen LogP contribution is 2.61. The van der Waals surface area contributed by atoms with E-state index in [1.165, 1.54) is 32.5 Å². The highest BCUT2D eigenvalue weighted by Gasteiger charge is 2.50. The maximum absolute atomic E-state index is 12.7. The van der Waals surface area contributed by atoms with E-state index in [4.69, 9.17) is 24.6 Å². The number of hydrogen-bond acceptors (Lipinski definition) is 19. The number of carboxylic acid groups (broad SMARTS) is 1. The smallest absolute Gasteiger partial charge is 0.481 e. The maximum atomic E-state index is 12.7. The number of imidazole rings is 1. The van der Waals surface area contributed by atoms with Crippen molar-refractivity contribution >= 4 is 70.0 Å². The number of aliphatic hydroxyl groups is 3. The number of aromatic nitrogens is 4. The number of amides is 2. The van der Waals surface area contributed by atoms with Gasteiger partial charge in [-0.3, -0.25) is 32.5 Å². The van der Waals surface area contributed by atoms with Gasteiger partial charge in [-0.25, -0.2) is 28.6 Å². The first-order valence-electron chi connectivity index (χ1n) is 16.6. The zero-order chi connectivity index (χ0) is 43.0. The minimum absolute atomic E-state index is 0.0236. The summed E-state index contributed by atoms with van der Waals surface area (Å²) >= 11 is 1.39. The number of nitrogens with two attached hydrogens (primary N) is 1. The quantitative estimate of drug-likeness (QED) is 0.0433. The third-order valence-electron chi connectivity index (χ3n) is 7.96. The molecule has 2 amide bonds. The van der Waals surface area contributed by atoms with Gasteiger partial charge in [0, 0.05) is 30.7 Å². The van der Waals surface area contributed by atoms with Crippen molar-refractivity contribution in [3.05, 3.63) is 12.7 Å². The lowest BCUT2D eigenvalue weighted by Gasteiger charge is -2.30. The molecule has 0 aliphatic carbocycles. The van der Waals surface area contributed by atoms with E-state index in [1.54, 1.807) is 0 Å². The van der Waals surface area contributed by atoms with E-state index in [0.717, 1.165) is 17.2 Å². The molecule has 2 unspecified atom stereocenters. The zero-order valence-corrected chi connectivity index (χ0v) is 34.1. The van der Waals surface area contributed by atoms with Crippen LogP contribution in [0.25, 0.3) is 11.2 Å². The third-order valence-corrected chi connectivity index (χ3v) is 12.0. The highest BCUT2D eigenvalue weighted by atomic mass is 32.2. The number of anilines is 1. The van der Waals surface area contributed by atoms with Crippen molar-refractivity contribution in [3.8, 4) is 0 Å². The summed E-state index contributed by atoms with van der Waals surface area (Å²) in [5.74, 6) is -1.67. The minimum atomic E-state index is -5.58. The number of rotatable bonds is 24. The summed E-state index contributed by atoms with van der Waals surface area (Å²) in [4.78, 5) is 86.3. The number of nitrogen functional groups attached to an aromatic ring is 1. The average molecular weight is 898 g/mol. The lowest BCUT2D eigenvalue weighted by atomic mass is 9.87. The van der Waals surface area contributed by atoms with Crippen molar-refractivity contribution in [1.82, 2.24) is 30.2 Å². The van der Waals surface area contributed by atoms with E-state index in [2.05, 4.69) is 34.4 Å². The second-order valence-electron chi connectivity index (χ2n) is 13.5. The summed E-state index contributed by atoms with van der Waals surface area (Å²) in [6.07, 6.45) is -7.14. The molecule has 1 fully saturated rings. The van der Waals surface area contributed by atoms with Gasteiger partial charge in [-0.1, -0.05) is 13.8 Å². The largest absolute Gasteiger partial charge is 0.481 e.